The van der Waals surface area contributed by atoms with Crippen LogP contribution in [-0.2, 0) is 13.2 Å². The predicted octanol–water partition coefficient (Wildman–Crippen LogP) is 3.42. The number of fused-ring (bicyclic) bond motifs is 2. The van der Waals surface area contributed by atoms with Crippen molar-refractivity contribution in [3.63, 3.8) is 0 Å². The molecule has 21 heavy (non-hydrogen) atoms. The predicted molar refractivity (Wildman–Crippen MR) is 80.4 cm³/mol. The van der Waals surface area contributed by atoms with Gasteiger partial charge in [0.15, 0.2) is 0 Å². The molecule has 0 spiro atoms. The van der Waals surface area contributed by atoms with Crippen LogP contribution in [0.5, 0.6) is 5.75 Å². The number of nitriles is 1. The van der Waals surface area contributed by atoms with Gasteiger partial charge in [0.2, 0.25) is 0 Å². The molecule has 2 aromatic rings. The van der Waals surface area contributed by atoms with Gasteiger partial charge >= 0.3 is 0 Å². The van der Waals surface area contributed by atoms with Gasteiger partial charge in [0.25, 0.3) is 0 Å². The number of hydrogen-bond donors (Lipinski definition) is 1. The molecule has 1 heterocycles. The van der Waals surface area contributed by atoms with Gasteiger partial charge in [-0.15, -0.1) is 0 Å². The zero-order valence-electron chi connectivity index (χ0n) is 11.8. The normalized spacial score (nSPS) is 15.1. The minimum atomic E-state index is -0.0279. The lowest BCUT2D eigenvalue weighted by Crippen LogP contribution is -1.95. The molecule has 2 aromatic carbocycles. The van der Waals surface area contributed by atoms with E-state index >= 15 is 0 Å². The minimum Gasteiger partial charge on any atom is -0.488 e. The Morgan fingerprint density at radius 2 is 2.05 bits per heavy atom. The van der Waals surface area contributed by atoms with Crippen LogP contribution < -0.4 is 4.74 Å². The van der Waals surface area contributed by atoms with Crippen molar-refractivity contribution >= 4 is 5.57 Å². The van der Waals surface area contributed by atoms with Gasteiger partial charge in [-0.05, 0) is 29.7 Å². The van der Waals surface area contributed by atoms with Crippen molar-refractivity contribution in [1.29, 1.82) is 5.26 Å². The standard InChI is InChI=1S/C18H15NO2/c1-12(9-19)18-15-5-3-2-4-14(15)11-21-17-8-13(10-20)6-7-16(17)18/h2-8,20H,10-11H2,1H3/b18-12+. The molecule has 0 atom stereocenters. The molecule has 0 amide bonds. The van der Waals surface area contributed by atoms with Crippen molar-refractivity contribution in [3.8, 4) is 11.8 Å². The SMILES string of the molecule is C/C(C#N)=C1/c2ccccc2COc2cc(CO)ccc21. The highest BCUT2D eigenvalue weighted by atomic mass is 16.5. The highest BCUT2D eigenvalue weighted by Gasteiger charge is 2.21. The van der Waals surface area contributed by atoms with E-state index < -0.39 is 0 Å². The first-order chi connectivity index (χ1) is 10.2. The molecule has 104 valence electrons. The van der Waals surface area contributed by atoms with Crippen molar-refractivity contribution in [2.45, 2.75) is 20.1 Å². The number of rotatable bonds is 1. The average molecular weight is 277 g/mol. The van der Waals surface area contributed by atoms with E-state index in [1.165, 1.54) is 0 Å². The lowest BCUT2D eigenvalue weighted by molar-refractivity contribution is 0.278. The second kappa shape index (κ2) is 5.43. The van der Waals surface area contributed by atoms with Crippen LogP contribution in [0.1, 0.15) is 29.2 Å². The summed E-state index contributed by atoms with van der Waals surface area (Å²) in [5.74, 6) is 0.711. The summed E-state index contributed by atoms with van der Waals surface area (Å²) in [6, 6.07) is 15.8. The Bertz CT molecular complexity index is 769. The molecule has 0 bridgehead atoms. The second-order valence-corrected chi connectivity index (χ2v) is 5.05. The fraction of sp³-hybridized carbons (Fsp3) is 0.167. The molecule has 0 saturated carbocycles. The van der Waals surface area contributed by atoms with Gasteiger partial charge in [0.05, 0.1) is 12.7 Å². The molecule has 1 N–H and O–H groups in total. The second-order valence-electron chi connectivity index (χ2n) is 5.05. The molecule has 0 aromatic heterocycles. The van der Waals surface area contributed by atoms with E-state index in [-0.39, 0.29) is 6.61 Å². The highest BCUT2D eigenvalue weighted by Crippen LogP contribution is 2.38. The summed E-state index contributed by atoms with van der Waals surface area (Å²) in [6.07, 6.45) is 0. The van der Waals surface area contributed by atoms with Crippen molar-refractivity contribution in [2.24, 2.45) is 0 Å². The van der Waals surface area contributed by atoms with E-state index in [2.05, 4.69) is 6.07 Å². The van der Waals surface area contributed by atoms with Crippen molar-refractivity contribution < 1.29 is 9.84 Å². The molecular formula is C18H15NO2. The third-order valence-corrected chi connectivity index (χ3v) is 3.71. The molecule has 0 radical (unpaired) electrons. The van der Waals surface area contributed by atoms with Crippen LogP contribution in [0.2, 0.25) is 0 Å². The fourth-order valence-electron chi connectivity index (χ4n) is 2.64. The molecular weight excluding hydrogens is 262 g/mol. The number of nitrogens with zero attached hydrogens (tertiary/aromatic N) is 1. The maximum atomic E-state index is 9.34. The Morgan fingerprint density at radius 1 is 1.24 bits per heavy atom. The van der Waals surface area contributed by atoms with Gasteiger partial charge in [-0.1, -0.05) is 36.4 Å². The summed E-state index contributed by atoms with van der Waals surface area (Å²) in [5, 5.41) is 18.6. The van der Waals surface area contributed by atoms with Crippen LogP contribution in [0.4, 0.5) is 0 Å². The maximum Gasteiger partial charge on any atom is 0.128 e. The summed E-state index contributed by atoms with van der Waals surface area (Å²) in [7, 11) is 0. The molecule has 0 unspecified atom stereocenters. The Kier molecular flexibility index (Phi) is 3.47. The summed E-state index contributed by atoms with van der Waals surface area (Å²) in [5.41, 5.74) is 5.36. The number of ether oxygens (including phenoxy) is 1. The molecule has 1 aliphatic heterocycles. The van der Waals surface area contributed by atoms with E-state index in [0.717, 1.165) is 27.8 Å². The molecule has 3 nitrogen and oxygen atoms in total. The quantitative estimate of drug-likeness (QED) is 0.813. The zero-order chi connectivity index (χ0) is 14.8. The minimum absolute atomic E-state index is 0.0279. The highest BCUT2D eigenvalue weighted by molar-refractivity contribution is 5.88. The molecule has 3 heteroatoms. The fourth-order valence-corrected chi connectivity index (χ4v) is 2.64. The molecule has 0 aliphatic carbocycles. The van der Waals surface area contributed by atoms with Gasteiger partial charge in [-0.3, -0.25) is 0 Å². The van der Waals surface area contributed by atoms with E-state index in [1.54, 1.807) is 0 Å². The Morgan fingerprint density at radius 3 is 2.81 bits per heavy atom. The first kappa shape index (κ1) is 13.4. The van der Waals surface area contributed by atoms with E-state index in [1.807, 2.05) is 49.4 Å². The number of hydrogen-bond acceptors (Lipinski definition) is 3. The lowest BCUT2D eigenvalue weighted by atomic mass is 9.90. The van der Waals surface area contributed by atoms with Crippen LogP contribution in [0.15, 0.2) is 48.0 Å². The first-order valence-electron chi connectivity index (χ1n) is 6.81. The zero-order valence-corrected chi connectivity index (χ0v) is 11.8. The summed E-state index contributed by atoms with van der Waals surface area (Å²) in [6.45, 7) is 2.25. The largest absolute Gasteiger partial charge is 0.488 e. The number of allylic oxidation sites excluding steroid dienone is 1. The van der Waals surface area contributed by atoms with E-state index in [4.69, 9.17) is 4.74 Å². The third kappa shape index (κ3) is 2.31. The molecule has 1 aliphatic rings. The van der Waals surface area contributed by atoms with Crippen LogP contribution >= 0.6 is 0 Å². The van der Waals surface area contributed by atoms with Gasteiger partial charge in [-0.25, -0.2) is 0 Å². The van der Waals surface area contributed by atoms with Crippen LogP contribution in [-0.4, -0.2) is 5.11 Å². The van der Waals surface area contributed by atoms with Gasteiger partial charge in [0, 0.05) is 16.7 Å². The first-order valence-corrected chi connectivity index (χ1v) is 6.81. The summed E-state index contributed by atoms with van der Waals surface area (Å²) < 4.78 is 5.89. The number of aliphatic hydroxyl groups is 1. The van der Waals surface area contributed by atoms with E-state index in [9.17, 15) is 10.4 Å². The Hall–Kier alpha value is -2.57. The van der Waals surface area contributed by atoms with Crippen LogP contribution in [0.25, 0.3) is 5.57 Å². The summed E-state index contributed by atoms with van der Waals surface area (Å²) >= 11 is 0. The van der Waals surface area contributed by atoms with Gasteiger partial charge in [-0.2, -0.15) is 5.26 Å². The van der Waals surface area contributed by atoms with Crippen molar-refractivity contribution in [3.05, 3.63) is 70.3 Å². The monoisotopic (exact) mass is 277 g/mol. The smallest absolute Gasteiger partial charge is 0.128 e. The Labute approximate surface area is 123 Å². The van der Waals surface area contributed by atoms with Gasteiger partial charge in [0.1, 0.15) is 12.4 Å². The van der Waals surface area contributed by atoms with Crippen molar-refractivity contribution in [1.82, 2.24) is 0 Å². The average Bonchev–Trinajstić information content (AvgIpc) is 2.70. The lowest BCUT2D eigenvalue weighted by Gasteiger charge is -2.12. The molecule has 3 rings (SSSR count). The van der Waals surface area contributed by atoms with E-state index in [0.29, 0.717) is 17.9 Å². The summed E-state index contributed by atoms with van der Waals surface area (Å²) in [4.78, 5) is 0. The number of aliphatic hydroxyl groups excluding tert-OH is 1. The topological polar surface area (TPSA) is 53.2 Å². The Balaban J connectivity index is 2.30. The maximum absolute atomic E-state index is 9.34. The third-order valence-electron chi connectivity index (χ3n) is 3.71. The van der Waals surface area contributed by atoms with Crippen LogP contribution in [0, 0.1) is 11.3 Å². The number of benzene rings is 2. The van der Waals surface area contributed by atoms with Crippen molar-refractivity contribution in [2.75, 3.05) is 0 Å². The molecule has 0 saturated heterocycles. The van der Waals surface area contributed by atoms with Crippen LogP contribution in [0.3, 0.4) is 0 Å². The van der Waals surface area contributed by atoms with Gasteiger partial charge < -0.3 is 9.84 Å². The molecule has 0 fully saturated rings.